The molecular weight excluding hydrogens is 362 g/mol. The molecule has 0 bridgehead atoms. The summed E-state index contributed by atoms with van der Waals surface area (Å²) in [5, 5.41) is 14.8. The molecule has 3 rings (SSSR count). The van der Waals surface area contributed by atoms with E-state index in [1.54, 1.807) is 36.4 Å². The predicted octanol–water partition coefficient (Wildman–Crippen LogP) is 4.30. The van der Waals surface area contributed by atoms with E-state index in [0.717, 1.165) is 0 Å². The van der Waals surface area contributed by atoms with E-state index in [2.05, 4.69) is 10.1 Å². The van der Waals surface area contributed by atoms with Gasteiger partial charge in [-0.1, -0.05) is 50.2 Å². The van der Waals surface area contributed by atoms with Crippen molar-refractivity contribution in [2.75, 3.05) is 0 Å². The van der Waals surface area contributed by atoms with Gasteiger partial charge in [0.2, 0.25) is 0 Å². The summed E-state index contributed by atoms with van der Waals surface area (Å²) in [7, 11) is 0. The number of nitro groups is 1. The largest absolute Gasteiger partial charge is 0.457 e. The zero-order valence-corrected chi connectivity index (χ0v) is 15.7. The van der Waals surface area contributed by atoms with Gasteiger partial charge in [-0.2, -0.15) is 4.98 Å². The highest BCUT2D eigenvalue weighted by Gasteiger charge is 2.24. The van der Waals surface area contributed by atoms with E-state index in [1.165, 1.54) is 12.1 Å². The second kappa shape index (κ2) is 7.59. The first-order chi connectivity index (χ1) is 13.3. The van der Waals surface area contributed by atoms with Gasteiger partial charge in [-0.05, 0) is 17.7 Å². The van der Waals surface area contributed by atoms with E-state index < -0.39 is 10.9 Å². The molecule has 3 aromatic rings. The van der Waals surface area contributed by atoms with E-state index in [1.807, 2.05) is 20.8 Å². The fourth-order valence-electron chi connectivity index (χ4n) is 2.47. The van der Waals surface area contributed by atoms with Gasteiger partial charge in [0.1, 0.15) is 6.61 Å². The molecule has 0 fully saturated rings. The van der Waals surface area contributed by atoms with Crippen LogP contribution in [0.15, 0.2) is 53.1 Å². The number of hydrogen-bond donors (Lipinski definition) is 0. The number of hydrogen-bond acceptors (Lipinski definition) is 7. The molecule has 0 N–H and O–H groups in total. The van der Waals surface area contributed by atoms with E-state index >= 15 is 0 Å². The summed E-state index contributed by atoms with van der Waals surface area (Å²) >= 11 is 0. The third-order valence-corrected chi connectivity index (χ3v) is 3.97. The van der Waals surface area contributed by atoms with Gasteiger partial charge in [0, 0.05) is 17.5 Å². The number of nitrogens with zero attached hydrogens (tertiary/aromatic N) is 3. The van der Waals surface area contributed by atoms with Crippen LogP contribution in [0.3, 0.4) is 0 Å². The molecule has 144 valence electrons. The van der Waals surface area contributed by atoms with Crippen molar-refractivity contribution in [2.45, 2.75) is 32.8 Å². The third kappa shape index (κ3) is 4.22. The Kier molecular flexibility index (Phi) is 5.21. The van der Waals surface area contributed by atoms with Crippen LogP contribution in [-0.2, 0) is 16.8 Å². The Hall–Kier alpha value is -3.55. The van der Waals surface area contributed by atoms with Crippen molar-refractivity contribution in [2.24, 2.45) is 0 Å². The van der Waals surface area contributed by atoms with Crippen LogP contribution in [0.2, 0.25) is 0 Å². The van der Waals surface area contributed by atoms with Crippen molar-refractivity contribution < 1.29 is 19.0 Å². The fraction of sp³-hybridized carbons (Fsp3) is 0.250. The first-order valence-corrected chi connectivity index (χ1v) is 8.60. The zero-order chi connectivity index (χ0) is 20.3. The number of nitro benzene ring substituents is 1. The minimum absolute atomic E-state index is 0.0606. The number of esters is 1. The fourth-order valence-corrected chi connectivity index (χ4v) is 2.47. The molecule has 0 radical (unpaired) electrons. The highest BCUT2D eigenvalue weighted by atomic mass is 16.6. The highest BCUT2D eigenvalue weighted by molar-refractivity contribution is 5.96. The molecule has 0 aliphatic heterocycles. The van der Waals surface area contributed by atoms with Gasteiger partial charge in [-0.25, -0.2) is 4.79 Å². The maximum atomic E-state index is 12.6. The lowest BCUT2D eigenvalue weighted by Crippen LogP contribution is -2.13. The molecule has 0 amide bonds. The summed E-state index contributed by atoms with van der Waals surface area (Å²) in [6.45, 7) is 5.79. The Morgan fingerprint density at radius 2 is 1.93 bits per heavy atom. The van der Waals surface area contributed by atoms with Crippen molar-refractivity contribution in [3.05, 3.63) is 75.6 Å². The molecule has 0 atom stereocenters. The summed E-state index contributed by atoms with van der Waals surface area (Å²) in [6, 6.07) is 12.7. The SMILES string of the molecule is CC(C)(C)c1noc(-c2ccccc2C(=O)OCc2cccc([N+](=O)[O-])c2)n1. The molecule has 8 nitrogen and oxygen atoms in total. The minimum atomic E-state index is -0.586. The topological polar surface area (TPSA) is 108 Å². The average molecular weight is 381 g/mol. The maximum Gasteiger partial charge on any atom is 0.339 e. The van der Waals surface area contributed by atoms with Crippen molar-refractivity contribution in [3.63, 3.8) is 0 Å². The lowest BCUT2D eigenvalue weighted by Gasteiger charge is -2.11. The average Bonchev–Trinajstić information content (AvgIpc) is 3.17. The summed E-state index contributed by atoms with van der Waals surface area (Å²) < 4.78 is 10.7. The molecule has 28 heavy (non-hydrogen) atoms. The number of non-ortho nitro benzene ring substituents is 1. The first-order valence-electron chi connectivity index (χ1n) is 8.60. The quantitative estimate of drug-likeness (QED) is 0.368. The van der Waals surface area contributed by atoms with Crippen LogP contribution >= 0.6 is 0 Å². The molecule has 0 saturated carbocycles. The predicted molar refractivity (Wildman–Crippen MR) is 101 cm³/mol. The second-order valence-corrected chi connectivity index (χ2v) is 7.22. The monoisotopic (exact) mass is 381 g/mol. The lowest BCUT2D eigenvalue weighted by molar-refractivity contribution is -0.384. The molecule has 8 heteroatoms. The van der Waals surface area contributed by atoms with Crippen LogP contribution in [-0.4, -0.2) is 21.0 Å². The summed E-state index contributed by atoms with van der Waals surface area (Å²) in [6.07, 6.45) is 0. The summed E-state index contributed by atoms with van der Waals surface area (Å²) in [4.78, 5) is 27.3. The van der Waals surface area contributed by atoms with Crippen molar-refractivity contribution in [1.82, 2.24) is 10.1 Å². The van der Waals surface area contributed by atoms with Gasteiger partial charge >= 0.3 is 5.97 Å². The number of aromatic nitrogens is 2. The van der Waals surface area contributed by atoms with Gasteiger partial charge in [-0.3, -0.25) is 10.1 Å². The molecule has 1 aromatic heterocycles. The highest BCUT2D eigenvalue weighted by Crippen LogP contribution is 2.26. The zero-order valence-electron chi connectivity index (χ0n) is 15.7. The Bertz CT molecular complexity index is 1020. The number of carbonyl (C=O) groups is 1. The van der Waals surface area contributed by atoms with Gasteiger partial charge in [0.05, 0.1) is 16.1 Å². The van der Waals surface area contributed by atoms with Crippen LogP contribution < -0.4 is 0 Å². The maximum absolute atomic E-state index is 12.6. The number of carbonyl (C=O) groups excluding carboxylic acids is 1. The van der Waals surface area contributed by atoms with E-state index in [0.29, 0.717) is 17.0 Å². The molecule has 0 saturated heterocycles. The van der Waals surface area contributed by atoms with Crippen LogP contribution in [0.4, 0.5) is 5.69 Å². The number of ether oxygens (including phenoxy) is 1. The van der Waals surface area contributed by atoms with Gasteiger partial charge in [0.15, 0.2) is 5.82 Å². The van der Waals surface area contributed by atoms with Crippen LogP contribution in [0.1, 0.15) is 42.5 Å². The first kappa shape index (κ1) is 19.2. The Balaban J connectivity index is 1.81. The molecule has 0 unspecified atom stereocenters. The molecular formula is C20H19N3O5. The van der Waals surface area contributed by atoms with Gasteiger partial charge in [-0.15, -0.1) is 0 Å². The van der Waals surface area contributed by atoms with Crippen molar-refractivity contribution >= 4 is 11.7 Å². The van der Waals surface area contributed by atoms with Crippen LogP contribution in [0.25, 0.3) is 11.5 Å². The van der Waals surface area contributed by atoms with Gasteiger partial charge in [0.25, 0.3) is 11.6 Å². The Labute approximate surface area is 161 Å². The van der Waals surface area contributed by atoms with Crippen molar-refractivity contribution in [1.29, 1.82) is 0 Å². The van der Waals surface area contributed by atoms with E-state index in [4.69, 9.17) is 9.26 Å². The molecule has 0 aliphatic rings. The lowest BCUT2D eigenvalue weighted by atomic mass is 9.96. The van der Waals surface area contributed by atoms with E-state index in [9.17, 15) is 14.9 Å². The minimum Gasteiger partial charge on any atom is -0.457 e. The summed E-state index contributed by atoms with van der Waals surface area (Å²) in [5.74, 6) is 0.174. The van der Waals surface area contributed by atoms with E-state index in [-0.39, 0.29) is 29.2 Å². The normalized spacial score (nSPS) is 11.2. The standard InChI is InChI=1S/C20H19N3O5/c1-20(2,3)19-21-17(28-22-19)15-9-4-5-10-16(15)18(24)27-12-13-7-6-8-14(11-13)23(25)26/h4-11H,12H2,1-3H3. The van der Waals surface area contributed by atoms with Crippen LogP contribution in [0, 0.1) is 10.1 Å². The van der Waals surface area contributed by atoms with Crippen molar-refractivity contribution in [3.8, 4) is 11.5 Å². The Morgan fingerprint density at radius 1 is 1.18 bits per heavy atom. The Morgan fingerprint density at radius 3 is 2.61 bits per heavy atom. The number of benzene rings is 2. The van der Waals surface area contributed by atoms with Crippen LogP contribution in [0.5, 0.6) is 0 Å². The van der Waals surface area contributed by atoms with Gasteiger partial charge < -0.3 is 9.26 Å². The molecule has 0 spiro atoms. The number of rotatable bonds is 5. The summed E-state index contributed by atoms with van der Waals surface area (Å²) in [5.41, 5.74) is 0.910. The molecule has 0 aliphatic carbocycles. The smallest absolute Gasteiger partial charge is 0.339 e. The molecule has 2 aromatic carbocycles. The molecule has 1 heterocycles. The second-order valence-electron chi connectivity index (χ2n) is 7.22. The third-order valence-electron chi connectivity index (χ3n) is 3.97.